The maximum absolute atomic E-state index is 11.8. The number of hydrogen-bond donors (Lipinski definition) is 2. The molecule has 0 unspecified atom stereocenters. The maximum atomic E-state index is 11.8. The van der Waals surface area contributed by atoms with Crippen LogP contribution in [0.2, 0.25) is 0 Å². The molecule has 132 valence electrons. The molecule has 1 amide bonds. The minimum Gasteiger partial charge on any atom is -0.369 e. The molecule has 3 N–H and O–H groups in total. The van der Waals surface area contributed by atoms with Gasteiger partial charge >= 0.3 is 0 Å². The maximum Gasteiger partial charge on any atom is 0.222 e. The summed E-state index contributed by atoms with van der Waals surface area (Å²) in [7, 11) is 0. The van der Waals surface area contributed by atoms with Crippen LogP contribution in [0.15, 0.2) is 48.8 Å². The molecule has 1 aliphatic carbocycles. The number of carbonyl (C=O) groups excluding carboxylic acids is 1. The Labute approximate surface area is 151 Å². The summed E-state index contributed by atoms with van der Waals surface area (Å²) >= 11 is 0. The SMILES string of the molecule is NC(=O)[C@H]1CCCC[C@H]1Nc1nc(-c2ccncc2)nc2ccccc12. The van der Waals surface area contributed by atoms with Crippen LogP contribution in [0, 0.1) is 5.92 Å². The van der Waals surface area contributed by atoms with E-state index >= 15 is 0 Å². The molecule has 0 aliphatic heterocycles. The highest BCUT2D eigenvalue weighted by molar-refractivity contribution is 5.91. The van der Waals surface area contributed by atoms with E-state index in [2.05, 4.69) is 15.3 Å². The number of nitrogens with two attached hydrogens (primary N) is 1. The van der Waals surface area contributed by atoms with Crippen molar-refractivity contribution in [3.63, 3.8) is 0 Å². The molecule has 2 heterocycles. The predicted molar refractivity (Wildman–Crippen MR) is 101 cm³/mol. The number of para-hydroxylation sites is 1. The van der Waals surface area contributed by atoms with E-state index in [1.807, 2.05) is 36.4 Å². The van der Waals surface area contributed by atoms with Crippen molar-refractivity contribution >= 4 is 22.6 Å². The van der Waals surface area contributed by atoms with Gasteiger partial charge in [-0.05, 0) is 37.1 Å². The summed E-state index contributed by atoms with van der Waals surface area (Å²) in [5.41, 5.74) is 7.40. The van der Waals surface area contributed by atoms with Crippen LogP contribution in [0.1, 0.15) is 25.7 Å². The van der Waals surface area contributed by atoms with Gasteiger partial charge in [0.2, 0.25) is 5.91 Å². The highest BCUT2D eigenvalue weighted by Gasteiger charge is 2.30. The van der Waals surface area contributed by atoms with Crippen LogP contribution in [0.25, 0.3) is 22.3 Å². The number of fused-ring (bicyclic) bond motifs is 1. The van der Waals surface area contributed by atoms with Crippen molar-refractivity contribution < 1.29 is 4.79 Å². The Morgan fingerprint density at radius 1 is 1.04 bits per heavy atom. The van der Waals surface area contributed by atoms with E-state index in [-0.39, 0.29) is 17.9 Å². The molecule has 0 saturated heterocycles. The van der Waals surface area contributed by atoms with Crippen molar-refractivity contribution in [2.75, 3.05) is 5.32 Å². The first-order valence-electron chi connectivity index (χ1n) is 8.95. The molecule has 2 aromatic heterocycles. The lowest BCUT2D eigenvalue weighted by molar-refractivity contribution is -0.122. The zero-order valence-electron chi connectivity index (χ0n) is 14.4. The fourth-order valence-electron chi connectivity index (χ4n) is 3.64. The summed E-state index contributed by atoms with van der Waals surface area (Å²) in [6.45, 7) is 0. The largest absolute Gasteiger partial charge is 0.369 e. The second kappa shape index (κ2) is 7.07. The van der Waals surface area contributed by atoms with Gasteiger partial charge in [0.1, 0.15) is 5.82 Å². The van der Waals surface area contributed by atoms with Crippen LogP contribution < -0.4 is 11.1 Å². The molecule has 1 saturated carbocycles. The van der Waals surface area contributed by atoms with Crippen LogP contribution in [0.5, 0.6) is 0 Å². The second-order valence-corrected chi connectivity index (χ2v) is 6.69. The number of hydrogen-bond acceptors (Lipinski definition) is 5. The first-order chi connectivity index (χ1) is 12.7. The van der Waals surface area contributed by atoms with Crippen LogP contribution >= 0.6 is 0 Å². The van der Waals surface area contributed by atoms with Gasteiger partial charge < -0.3 is 11.1 Å². The molecule has 4 rings (SSSR count). The Morgan fingerprint density at radius 2 is 1.81 bits per heavy atom. The number of primary amides is 1. The fourth-order valence-corrected chi connectivity index (χ4v) is 3.64. The molecule has 1 fully saturated rings. The minimum absolute atomic E-state index is 0.00449. The number of pyridine rings is 1. The number of benzene rings is 1. The zero-order valence-corrected chi connectivity index (χ0v) is 14.4. The Kier molecular flexibility index (Phi) is 4.48. The standard InChI is InChI=1S/C20H21N5O/c21-18(26)14-5-1-3-7-16(14)24-20-15-6-2-4-8-17(15)23-19(25-20)13-9-11-22-12-10-13/h2,4,6,8-12,14,16H,1,3,5,7H2,(H2,21,26)(H,23,24,25)/t14-,16+/m0/s1. The van der Waals surface area contributed by atoms with Gasteiger partial charge in [-0.1, -0.05) is 25.0 Å². The molecule has 6 nitrogen and oxygen atoms in total. The highest BCUT2D eigenvalue weighted by atomic mass is 16.1. The van der Waals surface area contributed by atoms with Crippen molar-refractivity contribution in [2.24, 2.45) is 11.7 Å². The molecule has 1 aromatic carbocycles. The lowest BCUT2D eigenvalue weighted by Crippen LogP contribution is -2.40. The van der Waals surface area contributed by atoms with E-state index in [4.69, 9.17) is 10.7 Å². The van der Waals surface area contributed by atoms with E-state index in [0.29, 0.717) is 5.82 Å². The third-order valence-electron chi connectivity index (χ3n) is 5.00. The van der Waals surface area contributed by atoms with Crippen LogP contribution in [-0.4, -0.2) is 26.9 Å². The lowest BCUT2D eigenvalue weighted by atomic mass is 9.84. The number of carbonyl (C=O) groups is 1. The molecule has 0 spiro atoms. The number of aromatic nitrogens is 3. The van der Waals surface area contributed by atoms with Crippen LogP contribution in [0.3, 0.4) is 0 Å². The van der Waals surface area contributed by atoms with Crippen LogP contribution in [-0.2, 0) is 4.79 Å². The Balaban J connectivity index is 1.77. The molecule has 0 radical (unpaired) electrons. The molecule has 1 aliphatic rings. The van der Waals surface area contributed by atoms with Gasteiger partial charge in [0, 0.05) is 29.4 Å². The molecule has 6 heteroatoms. The summed E-state index contributed by atoms with van der Waals surface area (Å²) in [6, 6.07) is 11.7. The van der Waals surface area contributed by atoms with Crippen molar-refractivity contribution in [3.05, 3.63) is 48.8 Å². The van der Waals surface area contributed by atoms with Gasteiger partial charge in [-0.2, -0.15) is 0 Å². The van der Waals surface area contributed by atoms with Crippen molar-refractivity contribution in [1.29, 1.82) is 0 Å². The van der Waals surface area contributed by atoms with E-state index < -0.39 is 0 Å². The first kappa shape index (κ1) is 16.4. The lowest BCUT2D eigenvalue weighted by Gasteiger charge is -2.30. The van der Waals surface area contributed by atoms with Crippen molar-refractivity contribution in [3.8, 4) is 11.4 Å². The third-order valence-corrected chi connectivity index (χ3v) is 5.00. The van der Waals surface area contributed by atoms with E-state index in [1.165, 1.54) is 0 Å². The quantitative estimate of drug-likeness (QED) is 0.756. The summed E-state index contributed by atoms with van der Waals surface area (Å²) in [5, 5.41) is 4.44. The zero-order chi connectivity index (χ0) is 17.9. The van der Waals surface area contributed by atoms with Gasteiger partial charge in [0.15, 0.2) is 5.82 Å². The van der Waals surface area contributed by atoms with Crippen LogP contribution in [0.4, 0.5) is 5.82 Å². The van der Waals surface area contributed by atoms with Gasteiger partial charge in [0.05, 0.1) is 11.4 Å². The Bertz CT molecular complexity index is 928. The molecule has 3 aromatic rings. The highest BCUT2D eigenvalue weighted by Crippen LogP contribution is 2.30. The summed E-state index contributed by atoms with van der Waals surface area (Å²) in [6.07, 6.45) is 7.32. The molecule has 2 atom stereocenters. The number of amides is 1. The minimum atomic E-state index is -0.241. The number of nitrogens with one attached hydrogen (secondary N) is 1. The van der Waals surface area contributed by atoms with E-state index in [0.717, 1.165) is 48.0 Å². The Hall–Kier alpha value is -3.02. The average molecular weight is 347 g/mol. The second-order valence-electron chi connectivity index (χ2n) is 6.69. The third kappa shape index (κ3) is 3.22. The summed E-state index contributed by atoms with van der Waals surface area (Å²) in [4.78, 5) is 25.3. The number of anilines is 1. The number of nitrogens with zero attached hydrogens (tertiary/aromatic N) is 3. The Morgan fingerprint density at radius 3 is 2.62 bits per heavy atom. The van der Waals surface area contributed by atoms with Gasteiger partial charge in [0.25, 0.3) is 0 Å². The molecule has 26 heavy (non-hydrogen) atoms. The molecular weight excluding hydrogens is 326 g/mol. The van der Waals surface area contributed by atoms with Gasteiger partial charge in [-0.25, -0.2) is 9.97 Å². The first-order valence-corrected chi connectivity index (χ1v) is 8.95. The summed E-state index contributed by atoms with van der Waals surface area (Å²) < 4.78 is 0. The smallest absolute Gasteiger partial charge is 0.222 e. The monoisotopic (exact) mass is 347 g/mol. The normalized spacial score (nSPS) is 20.0. The molecular formula is C20H21N5O. The number of rotatable bonds is 4. The predicted octanol–water partition coefficient (Wildman–Crippen LogP) is 3.15. The average Bonchev–Trinajstić information content (AvgIpc) is 2.69. The summed E-state index contributed by atoms with van der Waals surface area (Å²) in [5.74, 6) is 0.984. The van der Waals surface area contributed by atoms with E-state index in [9.17, 15) is 4.79 Å². The van der Waals surface area contributed by atoms with Gasteiger partial charge in [-0.15, -0.1) is 0 Å². The van der Waals surface area contributed by atoms with Crippen molar-refractivity contribution in [2.45, 2.75) is 31.7 Å². The van der Waals surface area contributed by atoms with Gasteiger partial charge in [-0.3, -0.25) is 9.78 Å². The molecule has 0 bridgehead atoms. The topological polar surface area (TPSA) is 93.8 Å². The fraction of sp³-hybridized carbons (Fsp3) is 0.300. The van der Waals surface area contributed by atoms with E-state index in [1.54, 1.807) is 12.4 Å². The van der Waals surface area contributed by atoms with Crippen molar-refractivity contribution in [1.82, 2.24) is 15.0 Å².